The van der Waals surface area contributed by atoms with E-state index in [0.717, 1.165) is 18.7 Å². The summed E-state index contributed by atoms with van der Waals surface area (Å²) in [4.78, 5) is 2.24. The highest BCUT2D eigenvalue weighted by molar-refractivity contribution is 5.52. The molecule has 136 valence electrons. The number of phenolic OH excluding ortho intramolecular Hbond substituents is 1. The van der Waals surface area contributed by atoms with Gasteiger partial charge < -0.3 is 28.8 Å². The molecule has 0 saturated carbocycles. The average molecular weight is 341 g/mol. The smallest absolute Gasteiger partial charge is 0.200 e. The lowest BCUT2D eigenvalue weighted by Gasteiger charge is -2.23. The Morgan fingerprint density at radius 3 is 1.79 bits per heavy atom. The Kier molecular flexibility index (Phi) is 8.11. The monoisotopic (exact) mass is 341 g/mol. The summed E-state index contributed by atoms with van der Waals surface area (Å²) >= 11 is 0. The lowest BCUT2D eigenvalue weighted by molar-refractivity contribution is -0.00690. The number of hydrogen-bond acceptors (Lipinski definition) is 7. The Morgan fingerprint density at radius 1 is 0.875 bits per heavy atom. The van der Waals surface area contributed by atoms with Gasteiger partial charge in [-0.25, -0.2) is 0 Å². The molecule has 0 aliphatic carbocycles. The summed E-state index contributed by atoms with van der Waals surface area (Å²) < 4.78 is 27.0. The molecule has 1 saturated heterocycles. The first-order valence-corrected chi connectivity index (χ1v) is 8.14. The molecule has 7 nitrogen and oxygen atoms in total. The van der Waals surface area contributed by atoms with Gasteiger partial charge in [-0.05, 0) is 17.7 Å². The van der Waals surface area contributed by atoms with Crippen molar-refractivity contribution in [2.24, 2.45) is 0 Å². The van der Waals surface area contributed by atoms with Gasteiger partial charge >= 0.3 is 0 Å². The van der Waals surface area contributed by atoms with Gasteiger partial charge in [0, 0.05) is 19.6 Å². The highest BCUT2D eigenvalue weighted by Crippen LogP contribution is 2.37. The van der Waals surface area contributed by atoms with Gasteiger partial charge in [-0.1, -0.05) is 0 Å². The van der Waals surface area contributed by atoms with E-state index in [4.69, 9.17) is 23.7 Å². The minimum absolute atomic E-state index is 0.0177. The van der Waals surface area contributed by atoms with Gasteiger partial charge in [-0.3, -0.25) is 4.90 Å². The molecule has 1 aromatic carbocycles. The number of benzene rings is 1. The van der Waals surface area contributed by atoms with Crippen LogP contribution in [-0.4, -0.2) is 77.0 Å². The molecule has 7 heteroatoms. The van der Waals surface area contributed by atoms with Crippen molar-refractivity contribution in [1.29, 1.82) is 0 Å². The number of methoxy groups -OCH3 is 2. The number of aromatic hydroxyl groups is 1. The van der Waals surface area contributed by atoms with Crippen molar-refractivity contribution < 1.29 is 28.8 Å². The number of nitrogens with zero attached hydrogens (tertiary/aromatic N) is 1. The Balaban J connectivity index is 2.02. The Bertz CT molecular complexity index is 459. The van der Waals surface area contributed by atoms with Gasteiger partial charge in [0.1, 0.15) is 0 Å². The number of hydrogen-bond donors (Lipinski definition) is 1. The molecule has 0 aromatic heterocycles. The van der Waals surface area contributed by atoms with Crippen molar-refractivity contribution in [3.8, 4) is 17.2 Å². The second-order valence-electron chi connectivity index (χ2n) is 5.46. The van der Waals surface area contributed by atoms with Crippen molar-refractivity contribution in [2.75, 3.05) is 67.0 Å². The summed E-state index contributed by atoms with van der Waals surface area (Å²) in [6.45, 7) is 5.90. The lowest BCUT2D eigenvalue weighted by Crippen LogP contribution is -2.31. The first kappa shape index (κ1) is 18.8. The third-order valence-electron chi connectivity index (χ3n) is 3.79. The molecule has 0 radical (unpaired) electrons. The van der Waals surface area contributed by atoms with Crippen LogP contribution in [0.15, 0.2) is 12.1 Å². The molecule has 1 aliphatic rings. The molecule has 1 N–H and O–H groups in total. The van der Waals surface area contributed by atoms with Crippen LogP contribution >= 0.6 is 0 Å². The molecule has 1 aliphatic heterocycles. The van der Waals surface area contributed by atoms with Crippen molar-refractivity contribution in [3.05, 3.63) is 17.7 Å². The summed E-state index contributed by atoms with van der Waals surface area (Å²) in [6, 6.07) is 3.65. The van der Waals surface area contributed by atoms with Crippen LogP contribution in [0.5, 0.6) is 17.2 Å². The van der Waals surface area contributed by atoms with Crippen LogP contribution < -0.4 is 9.47 Å². The fourth-order valence-electron chi connectivity index (χ4n) is 2.50. The fraction of sp³-hybridized carbons (Fsp3) is 0.647. The van der Waals surface area contributed by atoms with Gasteiger partial charge in [0.05, 0.1) is 53.9 Å². The van der Waals surface area contributed by atoms with E-state index in [1.807, 2.05) is 12.1 Å². The van der Waals surface area contributed by atoms with E-state index in [1.54, 1.807) is 0 Å². The summed E-state index contributed by atoms with van der Waals surface area (Å²) in [5.74, 6) is 0.829. The third kappa shape index (κ3) is 5.83. The minimum atomic E-state index is 0.0177. The van der Waals surface area contributed by atoms with E-state index in [2.05, 4.69) is 4.90 Å². The van der Waals surface area contributed by atoms with Crippen molar-refractivity contribution >= 4 is 0 Å². The van der Waals surface area contributed by atoms with Crippen molar-refractivity contribution in [3.63, 3.8) is 0 Å². The van der Waals surface area contributed by atoms with Gasteiger partial charge in [-0.2, -0.15) is 0 Å². The van der Waals surface area contributed by atoms with Gasteiger partial charge in [0.25, 0.3) is 0 Å². The molecule has 1 aromatic rings. The van der Waals surface area contributed by atoms with E-state index in [1.165, 1.54) is 14.2 Å². The van der Waals surface area contributed by atoms with E-state index in [0.29, 0.717) is 57.7 Å². The molecule has 24 heavy (non-hydrogen) atoms. The number of rotatable bonds is 4. The molecule has 1 heterocycles. The number of phenols is 1. The van der Waals surface area contributed by atoms with Crippen LogP contribution in [0.25, 0.3) is 0 Å². The van der Waals surface area contributed by atoms with Crippen LogP contribution in [0.2, 0.25) is 0 Å². The standard InChI is InChI=1S/C17H27NO6/c1-20-15-11-14(12-16(21-2)17(15)19)13-18-3-5-22-7-9-24-10-8-23-6-4-18/h11-12,19H,3-10,13H2,1-2H3. The van der Waals surface area contributed by atoms with Gasteiger partial charge in [-0.15, -0.1) is 0 Å². The van der Waals surface area contributed by atoms with Crippen molar-refractivity contribution in [2.45, 2.75) is 6.54 Å². The molecule has 2 rings (SSSR count). The molecule has 0 spiro atoms. The van der Waals surface area contributed by atoms with Crippen LogP contribution in [0, 0.1) is 0 Å². The summed E-state index contributed by atoms with van der Waals surface area (Å²) in [5.41, 5.74) is 0.997. The largest absolute Gasteiger partial charge is 0.502 e. The third-order valence-corrected chi connectivity index (χ3v) is 3.79. The molecular weight excluding hydrogens is 314 g/mol. The number of ether oxygens (including phenoxy) is 5. The molecule has 0 unspecified atom stereocenters. The first-order valence-electron chi connectivity index (χ1n) is 8.14. The van der Waals surface area contributed by atoms with E-state index in [9.17, 15) is 5.11 Å². The molecule has 0 amide bonds. The zero-order chi connectivity index (χ0) is 17.2. The fourth-order valence-corrected chi connectivity index (χ4v) is 2.50. The maximum absolute atomic E-state index is 10.0. The normalized spacial score (nSPS) is 18.4. The zero-order valence-corrected chi connectivity index (χ0v) is 14.5. The maximum Gasteiger partial charge on any atom is 0.200 e. The molecular formula is C17H27NO6. The Labute approximate surface area is 143 Å². The predicted molar refractivity (Wildman–Crippen MR) is 88.9 cm³/mol. The highest BCUT2D eigenvalue weighted by atomic mass is 16.5. The zero-order valence-electron chi connectivity index (χ0n) is 14.5. The first-order chi connectivity index (χ1) is 11.7. The highest BCUT2D eigenvalue weighted by Gasteiger charge is 2.14. The second-order valence-corrected chi connectivity index (χ2v) is 5.46. The van der Waals surface area contributed by atoms with Crippen LogP contribution in [0.4, 0.5) is 0 Å². The Morgan fingerprint density at radius 2 is 1.33 bits per heavy atom. The average Bonchev–Trinajstić information content (AvgIpc) is 2.58. The molecule has 0 bridgehead atoms. The minimum Gasteiger partial charge on any atom is -0.502 e. The summed E-state index contributed by atoms with van der Waals surface area (Å²) in [7, 11) is 3.05. The molecule has 1 fully saturated rings. The van der Waals surface area contributed by atoms with Crippen LogP contribution in [-0.2, 0) is 20.8 Å². The topological polar surface area (TPSA) is 69.6 Å². The maximum atomic E-state index is 10.0. The van der Waals surface area contributed by atoms with Crippen molar-refractivity contribution in [1.82, 2.24) is 4.90 Å². The van der Waals surface area contributed by atoms with E-state index in [-0.39, 0.29) is 5.75 Å². The van der Waals surface area contributed by atoms with Gasteiger partial charge in [0.15, 0.2) is 11.5 Å². The SMILES string of the molecule is COc1cc(CN2CCOCCOCCOCC2)cc(OC)c1O. The predicted octanol–water partition coefficient (Wildman–Crippen LogP) is 1.27. The Hall–Kier alpha value is -1.54. The second kappa shape index (κ2) is 10.4. The summed E-state index contributed by atoms with van der Waals surface area (Å²) in [5, 5.41) is 10.0. The van der Waals surface area contributed by atoms with Crippen LogP contribution in [0.3, 0.4) is 0 Å². The quantitative estimate of drug-likeness (QED) is 0.884. The lowest BCUT2D eigenvalue weighted by atomic mass is 10.1. The van der Waals surface area contributed by atoms with E-state index >= 15 is 0 Å². The van der Waals surface area contributed by atoms with Crippen LogP contribution in [0.1, 0.15) is 5.56 Å². The molecule has 0 atom stereocenters. The van der Waals surface area contributed by atoms with Gasteiger partial charge in [0.2, 0.25) is 5.75 Å². The van der Waals surface area contributed by atoms with E-state index < -0.39 is 0 Å². The summed E-state index contributed by atoms with van der Waals surface area (Å²) in [6.07, 6.45) is 0.